The van der Waals surface area contributed by atoms with Gasteiger partial charge in [-0.15, -0.1) is 13.2 Å². The maximum absolute atomic E-state index is 13.2. The average molecular weight is 534 g/mol. The predicted octanol–water partition coefficient (Wildman–Crippen LogP) is 5.14. The monoisotopic (exact) mass is 533 g/mol. The first kappa shape index (κ1) is 28.3. The molecule has 0 bridgehead atoms. The van der Waals surface area contributed by atoms with Crippen LogP contribution in [0.3, 0.4) is 0 Å². The minimum atomic E-state index is -4.69. The van der Waals surface area contributed by atoms with Crippen LogP contribution in [0.1, 0.15) is 73.4 Å². The molecule has 2 aliphatic heterocycles. The fraction of sp³-hybridized carbons (Fsp3) is 0.607. The first-order chi connectivity index (χ1) is 17.9. The van der Waals surface area contributed by atoms with E-state index in [0.29, 0.717) is 30.0 Å². The van der Waals surface area contributed by atoms with Gasteiger partial charge in [0.25, 0.3) is 5.91 Å². The van der Waals surface area contributed by atoms with Gasteiger partial charge in [-0.2, -0.15) is 0 Å². The highest BCUT2D eigenvalue weighted by molar-refractivity contribution is 5.96. The molecule has 3 heterocycles. The fourth-order valence-electron chi connectivity index (χ4n) is 6.05. The number of alkyl halides is 3. The van der Waals surface area contributed by atoms with Gasteiger partial charge in [0.1, 0.15) is 12.1 Å². The molecule has 208 valence electrons. The quantitative estimate of drug-likeness (QED) is 0.512. The number of aryl methyl sites for hydroxylation is 2. The normalized spacial score (nSPS) is 21.8. The molecule has 2 saturated heterocycles. The van der Waals surface area contributed by atoms with Crippen molar-refractivity contribution in [1.82, 2.24) is 24.7 Å². The van der Waals surface area contributed by atoms with E-state index in [9.17, 15) is 18.0 Å². The van der Waals surface area contributed by atoms with E-state index >= 15 is 0 Å². The summed E-state index contributed by atoms with van der Waals surface area (Å²) in [6.45, 7) is 14.4. The van der Waals surface area contributed by atoms with Crippen molar-refractivity contribution in [2.45, 2.75) is 77.9 Å². The van der Waals surface area contributed by atoms with Crippen LogP contribution in [0.2, 0.25) is 0 Å². The number of rotatable bonds is 6. The maximum Gasteiger partial charge on any atom is 0.573 e. The molecule has 0 radical (unpaired) electrons. The van der Waals surface area contributed by atoms with Gasteiger partial charge in [-0.05, 0) is 64.7 Å². The van der Waals surface area contributed by atoms with Gasteiger partial charge in [0.2, 0.25) is 0 Å². The highest BCUT2D eigenvalue weighted by atomic mass is 19.4. The number of hydrogen-bond acceptors (Lipinski definition) is 6. The number of piperidine rings is 1. The number of amides is 1. The smallest absolute Gasteiger partial charge is 0.406 e. The molecule has 1 aromatic carbocycles. The Morgan fingerprint density at radius 3 is 2.21 bits per heavy atom. The van der Waals surface area contributed by atoms with Gasteiger partial charge in [0, 0.05) is 50.3 Å². The first-order valence-electron chi connectivity index (χ1n) is 13.4. The molecule has 0 aliphatic carbocycles. The van der Waals surface area contributed by atoms with Gasteiger partial charge in [-0.25, -0.2) is 9.97 Å². The van der Waals surface area contributed by atoms with Crippen molar-refractivity contribution in [3.63, 3.8) is 0 Å². The van der Waals surface area contributed by atoms with E-state index in [4.69, 9.17) is 0 Å². The average Bonchev–Trinajstić information content (AvgIpc) is 2.85. The van der Waals surface area contributed by atoms with E-state index in [1.165, 1.54) is 18.5 Å². The third kappa shape index (κ3) is 6.12. The lowest BCUT2D eigenvalue weighted by atomic mass is 9.85. The van der Waals surface area contributed by atoms with Crippen molar-refractivity contribution < 1.29 is 22.7 Å². The SMILES string of the molecule is CC[C@@H](c1ccc(OC(F)(F)F)cc1)N1CCN(C2(C)CCN(C(=O)c3c(C)ncnc3C)CC2)C[C@@H]1C. The summed E-state index contributed by atoms with van der Waals surface area (Å²) in [7, 11) is 0. The van der Waals surface area contributed by atoms with E-state index in [1.54, 1.807) is 12.1 Å². The molecule has 0 spiro atoms. The van der Waals surface area contributed by atoms with Crippen molar-refractivity contribution in [1.29, 1.82) is 0 Å². The Morgan fingerprint density at radius 1 is 1.08 bits per heavy atom. The van der Waals surface area contributed by atoms with Crippen molar-refractivity contribution >= 4 is 5.91 Å². The van der Waals surface area contributed by atoms with Crippen LogP contribution < -0.4 is 4.74 Å². The molecular weight excluding hydrogens is 495 g/mol. The summed E-state index contributed by atoms with van der Waals surface area (Å²) in [6.07, 6.45) is -0.537. The third-order valence-corrected chi connectivity index (χ3v) is 8.30. The molecule has 1 aromatic heterocycles. The second-order valence-electron chi connectivity index (χ2n) is 10.8. The van der Waals surface area contributed by atoms with E-state index in [0.717, 1.165) is 44.5 Å². The molecule has 2 aromatic rings. The van der Waals surface area contributed by atoms with Gasteiger partial charge in [0.15, 0.2) is 0 Å². The van der Waals surface area contributed by atoms with E-state index in [1.807, 2.05) is 18.7 Å². The second-order valence-corrected chi connectivity index (χ2v) is 10.8. The van der Waals surface area contributed by atoms with Crippen molar-refractivity contribution in [2.24, 2.45) is 0 Å². The van der Waals surface area contributed by atoms with Crippen molar-refractivity contribution in [3.8, 4) is 5.75 Å². The number of halogens is 3. The molecule has 38 heavy (non-hydrogen) atoms. The zero-order chi connectivity index (χ0) is 27.7. The standard InChI is InChI=1S/C28H38F3N5O2/c1-6-24(22-7-9-23(10-8-22)38-28(29,30)31)36-16-15-35(17-19(36)2)27(5)11-13-34(14-12-27)26(37)25-20(3)32-18-33-21(25)4/h7-10,18-19,24H,6,11-17H2,1-5H3/t19-,24-/m0/s1. The Bertz CT molecular complexity index is 1100. The third-order valence-electron chi connectivity index (χ3n) is 8.30. The zero-order valence-electron chi connectivity index (χ0n) is 22.9. The lowest BCUT2D eigenvalue weighted by Gasteiger charge is -2.53. The van der Waals surface area contributed by atoms with Gasteiger partial charge < -0.3 is 9.64 Å². The molecule has 7 nitrogen and oxygen atoms in total. The molecule has 4 rings (SSSR count). The Morgan fingerprint density at radius 2 is 1.68 bits per heavy atom. The number of likely N-dealkylation sites (tertiary alicyclic amines) is 1. The summed E-state index contributed by atoms with van der Waals surface area (Å²) in [5.74, 6) is -0.185. The number of hydrogen-bond donors (Lipinski definition) is 0. The number of benzene rings is 1. The van der Waals surface area contributed by atoms with Crippen LogP contribution in [-0.2, 0) is 0 Å². The lowest BCUT2D eigenvalue weighted by Crippen LogP contribution is -2.62. The molecule has 2 atom stereocenters. The van der Waals surface area contributed by atoms with Gasteiger partial charge in [-0.3, -0.25) is 14.6 Å². The zero-order valence-corrected chi connectivity index (χ0v) is 22.9. The topological polar surface area (TPSA) is 61.8 Å². The number of aromatic nitrogens is 2. The number of ether oxygens (including phenoxy) is 1. The molecule has 0 unspecified atom stereocenters. The molecule has 2 fully saturated rings. The molecule has 10 heteroatoms. The number of carbonyl (C=O) groups excluding carboxylic acids is 1. The van der Waals surface area contributed by atoms with E-state index in [-0.39, 0.29) is 29.3 Å². The molecule has 0 N–H and O–H groups in total. The van der Waals surface area contributed by atoms with Crippen molar-refractivity contribution in [2.75, 3.05) is 32.7 Å². The summed E-state index contributed by atoms with van der Waals surface area (Å²) in [4.78, 5) is 28.6. The summed E-state index contributed by atoms with van der Waals surface area (Å²) in [6, 6.07) is 6.68. The number of nitrogens with zero attached hydrogens (tertiary/aromatic N) is 5. The maximum atomic E-state index is 13.2. The number of carbonyl (C=O) groups is 1. The molecule has 1 amide bonds. The fourth-order valence-corrected chi connectivity index (χ4v) is 6.05. The summed E-state index contributed by atoms with van der Waals surface area (Å²) in [5, 5.41) is 0. The lowest BCUT2D eigenvalue weighted by molar-refractivity contribution is -0.274. The Balaban J connectivity index is 1.37. The first-order valence-corrected chi connectivity index (χ1v) is 13.4. The van der Waals surface area contributed by atoms with Gasteiger partial charge in [-0.1, -0.05) is 19.1 Å². The van der Waals surface area contributed by atoms with Crippen LogP contribution in [0.5, 0.6) is 5.75 Å². The van der Waals surface area contributed by atoms with Crippen LogP contribution in [0.4, 0.5) is 13.2 Å². The Kier molecular flexibility index (Phi) is 8.32. The molecule has 2 aliphatic rings. The predicted molar refractivity (Wildman–Crippen MR) is 139 cm³/mol. The highest BCUT2D eigenvalue weighted by Crippen LogP contribution is 2.35. The van der Waals surface area contributed by atoms with Gasteiger partial charge in [0.05, 0.1) is 17.0 Å². The summed E-state index contributed by atoms with van der Waals surface area (Å²) >= 11 is 0. The van der Waals surface area contributed by atoms with E-state index in [2.05, 4.69) is 45.3 Å². The second kappa shape index (κ2) is 11.2. The van der Waals surface area contributed by atoms with E-state index < -0.39 is 6.36 Å². The Hall–Kier alpha value is -2.72. The Labute approximate surface area is 223 Å². The summed E-state index contributed by atoms with van der Waals surface area (Å²) in [5.41, 5.74) is 3.05. The van der Waals surface area contributed by atoms with Crippen molar-refractivity contribution in [3.05, 3.63) is 53.1 Å². The van der Waals surface area contributed by atoms with Crippen LogP contribution in [0.15, 0.2) is 30.6 Å². The summed E-state index contributed by atoms with van der Waals surface area (Å²) < 4.78 is 41.7. The van der Waals surface area contributed by atoms with Crippen LogP contribution in [-0.4, -0.2) is 81.2 Å². The van der Waals surface area contributed by atoms with Crippen LogP contribution in [0, 0.1) is 13.8 Å². The minimum Gasteiger partial charge on any atom is -0.406 e. The minimum absolute atomic E-state index is 0.00665. The van der Waals surface area contributed by atoms with Crippen LogP contribution >= 0.6 is 0 Å². The molecule has 0 saturated carbocycles. The largest absolute Gasteiger partial charge is 0.573 e. The van der Waals surface area contributed by atoms with Gasteiger partial charge >= 0.3 is 6.36 Å². The highest BCUT2D eigenvalue weighted by Gasteiger charge is 2.41. The number of piperazine rings is 1. The molecular formula is C28H38F3N5O2. The van der Waals surface area contributed by atoms with Crippen LogP contribution in [0.25, 0.3) is 0 Å².